The predicted molar refractivity (Wildman–Crippen MR) is 99.6 cm³/mol. The maximum atomic E-state index is 9.21. The summed E-state index contributed by atoms with van der Waals surface area (Å²) in [5.41, 5.74) is 5.50. The molecule has 2 unspecified atom stereocenters. The molecular formula is C20H31NOS. The average molecular weight is 334 g/mol. The van der Waals surface area contributed by atoms with Gasteiger partial charge in [-0.3, -0.25) is 0 Å². The summed E-state index contributed by atoms with van der Waals surface area (Å²) in [7, 11) is 0. The number of nitrogens with two attached hydrogens (primary N) is 1. The summed E-state index contributed by atoms with van der Waals surface area (Å²) in [5.74, 6) is 8.34. The summed E-state index contributed by atoms with van der Waals surface area (Å²) in [6, 6.07) is 4.26. The van der Waals surface area contributed by atoms with E-state index < -0.39 is 5.54 Å². The number of aryl methyl sites for hydroxylation is 1. The first-order valence-corrected chi connectivity index (χ1v) is 9.79. The summed E-state index contributed by atoms with van der Waals surface area (Å²) in [4.78, 5) is 2.46. The number of thiophene rings is 1. The first kappa shape index (κ1) is 18.5. The highest BCUT2D eigenvalue weighted by Gasteiger charge is 2.19. The van der Waals surface area contributed by atoms with Crippen LogP contribution in [0.1, 0.15) is 68.5 Å². The zero-order valence-corrected chi connectivity index (χ0v) is 15.4. The molecule has 1 aromatic rings. The molecule has 0 aromatic carbocycles. The van der Waals surface area contributed by atoms with E-state index in [2.05, 4.69) is 30.9 Å². The molecule has 1 heterocycles. The Morgan fingerprint density at radius 2 is 2.09 bits per heavy atom. The lowest BCUT2D eigenvalue weighted by molar-refractivity contribution is 0.201. The van der Waals surface area contributed by atoms with E-state index in [1.165, 1.54) is 37.0 Å². The predicted octanol–water partition coefficient (Wildman–Crippen LogP) is 4.35. The van der Waals surface area contributed by atoms with Gasteiger partial charge in [0.1, 0.15) is 0 Å². The first-order valence-electron chi connectivity index (χ1n) is 8.97. The van der Waals surface area contributed by atoms with E-state index in [-0.39, 0.29) is 6.61 Å². The lowest BCUT2D eigenvalue weighted by Crippen LogP contribution is -2.40. The maximum absolute atomic E-state index is 9.21. The minimum absolute atomic E-state index is 0.0318. The minimum atomic E-state index is -0.481. The Morgan fingerprint density at radius 1 is 1.35 bits per heavy atom. The molecule has 0 spiro atoms. The number of hydrogen-bond acceptors (Lipinski definition) is 3. The van der Waals surface area contributed by atoms with Gasteiger partial charge in [0.2, 0.25) is 0 Å². The molecule has 128 valence electrons. The Morgan fingerprint density at radius 3 is 2.78 bits per heavy atom. The zero-order chi connectivity index (χ0) is 16.7. The van der Waals surface area contributed by atoms with E-state index in [0.717, 1.165) is 36.0 Å². The lowest BCUT2D eigenvalue weighted by Gasteiger charge is -2.26. The molecule has 1 aromatic heterocycles. The van der Waals surface area contributed by atoms with Gasteiger partial charge in [0.25, 0.3) is 0 Å². The average Bonchev–Trinajstić information content (AvgIpc) is 3.02. The SMILES string of the molecule is CC(CC#Cc1ccc(CCC(C)(N)CO)s1)C1CCCCC1. The van der Waals surface area contributed by atoms with Gasteiger partial charge in [0.05, 0.1) is 11.5 Å². The number of aliphatic hydroxyl groups is 1. The first-order chi connectivity index (χ1) is 11.0. The van der Waals surface area contributed by atoms with Crippen molar-refractivity contribution in [3.05, 3.63) is 21.9 Å². The van der Waals surface area contributed by atoms with Crippen LogP contribution in [0, 0.1) is 23.7 Å². The van der Waals surface area contributed by atoms with Crippen molar-refractivity contribution < 1.29 is 5.11 Å². The van der Waals surface area contributed by atoms with Gasteiger partial charge in [0, 0.05) is 16.8 Å². The summed E-state index contributed by atoms with van der Waals surface area (Å²) >= 11 is 1.76. The van der Waals surface area contributed by atoms with Crippen molar-refractivity contribution in [1.82, 2.24) is 0 Å². The van der Waals surface area contributed by atoms with Crippen molar-refractivity contribution in [2.75, 3.05) is 6.61 Å². The Kier molecular flexibility index (Phi) is 7.14. The monoisotopic (exact) mass is 333 g/mol. The zero-order valence-electron chi connectivity index (χ0n) is 14.6. The van der Waals surface area contributed by atoms with Crippen LogP contribution in [0.15, 0.2) is 12.1 Å². The molecule has 3 heteroatoms. The normalized spacial score (nSPS) is 19.7. The highest BCUT2D eigenvalue weighted by Crippen LogP contribution is 2.31. The smallest absolute Gasteiger partial charge is 0.0771 e. The molecule has 0 saturated heterocycles. The van der Waals surface area contributed by atoms with Crippen molar-refractivity contribution in [3.8, 4) is 11.8 Å². The highest BCUT2D eigenvalue weighted by molar-refractivity contribution is 7.12. The minimum Gasteiger partial charge on any atom is -0.394 e. The van der Waals surface area contributed by atoms with Crippen LogP contribution in [0.4, 0.5) is 0 Å². The van der Waals surface area contributed by atoms with Gasteiger partial charge < -0.3 is 10.8 Å². The van der Waals surface area contributed by atoms with Crippen LogP contribution in [0.2, 0.25) is 0 Å². The second-order valence-corrected chi connectivity index (χ2v) is 8.63. The number of hydrogen-bond donors (Lipinski definition) is 2. The van der Waals surface area contributed by atoms with Crippen molar-refractivity contribution in [2.45, 2.75) is 70.8 Å². The summed E-state index contributed by atoms with van der Waals surface area (Å²) < 4.78 is 0. The molecule has 3 N–H and O–H groups in total. The molecule has 1 aliphatic carbocycles. The number of rotatable bonds is 6. The maximum Gasteiger partial charge on any atom is 0.0771 e. The third-order valence-electron chi connectivity index (χ3n) is 5.06. The second kappa shape index (κ2) is 8.87. The fourth-order valence-electron chi connectivity index (χ4n) is 3.24. The van der Waals surface area contributed by atoms with E-state index in [9.17, 15) is 5.11 Å². The van der Waals surface area contributed by atoms with Crippen LogP contribution in [0.25, 0.3) is 0 Å². The van der Waals surface area contributed by atoms with Crippen molar-refractivity contribution in [3.63, 3.8) is 0 Å². The molecule has 2 nitrogen and oxygen atoms in total. The van der Waals surface area contributed by atoms with Crippen molar-refractivity contribution in [1.29, 1.82) is 0 Å². The largest absolute Gasteiger partial charge is 0.394 e. The summed E-state index contributed by atoms with van der Waals surface area (Å²) in [5, 5.41) is 9.21. The van der Waals surface area contributed by atoms with Crippen LogP contribution in [-0.2, 0) is 6.42 Å². The van der Waals surface area contributed by atoms with Crippen molar-refractivity contribution >= 4 is 11.3 Å². The third kappa shape index (κ3) is 6.30. The molecule has 2 rings (SSSR count). The standard InChI is InChI=1S/C20H31NOS/c1-16(17-8-4-3-5-9-17)7-6-10-18-11-12-19(23-18)13-14-20(2,21)15-22/h11-12,16-17,22H,3-5,7-9,13-15,21H2,1-2H3. The van der Waals surface area contributed by atoms with Gasteiger partial charge in [-0.2, -0.15) is 0 Å². The molecule has 1 fully saturated rings. The van der Waals surface area contributed by atoms with Gasteiger partial charge >= 0.3 is 0 Å². The van der Waals surface area contributed by atoms with Gasteiger partial charge in [-0.1, -0.05) is 50.9 Å². The third-order valence-corrected chi connectivity index (χ3v) is 6.12. The van der Waals surface area contributed by atoms with E-state index in [1.807, 2.05) is 6.92 Å². The van der Waals surface area contributed by atoms with Crippen LogP contribution in [-0.4, -0.2) is 17.3 Å². The Balaban J connectivity index is 1.80. The van der Waals surface area contributed by atoms with Gasteiger partial charge in [-0.05, 0) is 43.7 Å². The Bertz CT molecular complexity index is 531. The Hall–Kier alpha value is -0.820. The summed E-state index contributed by atoms with van der Waals surface area (Å²) in [6.45, 7) is 4.29. The molecule has 0 radical (unpaired) electrons. The molecule has 1 saturated carbocycles. The lowest BCUT2D eigenvalue weighted by atomic mass is 9.80. The fraction of sp³-hybridized carbons (Fsp3) is 0.700. The van der Waals surface area contributed by atoms with Gasteiger partial charge in [0.15, 0.2) is 0 Å². The van der Waals surface area contributed by atoms with Gasteiger partial charge in [-0.25, -0.2) is 0 Å². The van der Waals surface area contributed by atoms with E-state index in [1.54, 1.807) is 11.3 Å². The second-order valence-electron chi connectivity index (χ2n) is 7.46. The van der Waals surface area contributed by atoms with Crippen molar-refractivity contribution in [2.24, 2.45) is 17.6 Å². The quantitative estimate of drug-likeness (QED) is 0.760. The van der Waals surface area contributed by atoms with Crippen LogP contribution >= 0.6 is 11.3 Å². The van der Waals surface area contributed by atoms with E-state index in [0.29, 0.717) is 0 Å². The number of aliphatic hydroxyl groups excluding tert-OH is 1. The summed E-state index contributed by atoms with van der Waals surface area (Å²) in [6.07, 6.45) is 9.76. The molecule has 0 bridgehead atoms. The van der Waals surface area contributed by atoms with Crippen LogP contribution in [0.3, 0.4) is 0 Å². The molecular weight excluding hydrogens is 302 g/mol. The molecule has 0 aliphatic heterocycles. The Labute approximate surface area is 145 Å². The topological polar surface area (TPSA) is 46.2 Å². The van der Waals surface area contributed by atoms with E-state index in [4.69, 9.17) is 5.73 Å². The van der Waals surface area contributed by atoms with Gasteiger partial charge in [-0.15, -0.1) is 11.3 Å². The molecule has 2 atom stereocenters. The van der Waals surface area contributed by atoms with Crippen LogP contribution in [0.5, 0.6) is 0 Å². The van der Waals surface area contributed by atoms with Crippen LogP contribution < -0.4 is 5.73 Å². The molecule has 23 heavy (non-hydrogen) atoms. The molecule has 0 amide bonds. The van der Waals surface area contributed by atoms with E-state index >= 15 is 0 Å². The highest BCUT2D eigenvalue weighted by atomic mass is 32.1. The molecule has 1 aliphatic rings. The fourth-order valence-corrected chi connectivity index (χ4v) is 4.12.